The number of amides is 1. The van der Waals surface area contributed by atoms with Crippen LogP contribution in [0.2, 0.25) is 0 Å². The first-order valence-electron chi connectivity index (χ1n) is 10.6. The highest BCUT2D eigenvalue weighted by atomic mass is 32.2. The molecule has 1 amide bonds. The fourth-order valence-electron chi connectivity index (χ4n) is 4.00. The summed E-state index contributed by atoms with van der Waals surface area (Å²) < 4.78 is 37.9. The van der Waals surface area contributed by atoms with E-state index in [1.807, 2.05) is 6.92 Å². The summed E-state index contributed by atoms with van der Waals surface area (Å²) in [5.74, 6) is 0.574. The quantitative estimate of drug-likeness (QED) is 0.614. The topological polar surface area (TPSA) is 88.2 Å². The molecule has 0 unspecified atom stereocenters. The van der Waals surface area contributed by atoms with Gasteiger partial charge in [0.05, 0.1) is 25.2 Å². The number of piperidine rings is 1. The molecule has 0 aliphatic carbocycles. The van der Waals surface area contributed by atoms with Gasteiger partial charge in [-0.1, -0.05) is 0 Å². The molecule has 2 saturated heterocycles. The van der Waals surface area contributed by atoms with Gasteiger partial charge < -0.3 is 14.8 Å². The van der Waals surface area contributed by atoms with Crippen molar-refractivity contribution in [3.8, 4) is 5.75 Å². The molecule has 0 spiro atoms. The van der Waals surface area contributed by atoms with Crippen LogP contribution in [0.4, 0.5) is 0 Å². The highest BCUT2D eigenvalue weighted by Crippen LogP contribution is 2.27. The van der Waals surface area contributed by atoms with Crippen molar-refractivity contribution in [3.63, 3.8) is 0 Å². The van der Waals surface area contributed by atoms with Gasteiger partial charge in [-0.25, -0.2) is 8.42 Å². The maximum atomic E-state index is 12.9. The molecule has 2 aliphatic rings. The highest BCUT2D eigenvalue weighted by molar-refractivity contribution is 7.89. The molecule has 8 nitrogen and oxygen atoms in total. The van der Waals surface area contributed by atoms with Gasteiger partial charge in [-0.3, -0.25) is 9.69 Å². The first-order chi connectivity index (χ1) is 14.4. The van der Waals surface area contributed by atoms with E-state index in [-0.39, 0.29) is 16.7 Å². The molecule has 30 heavy (non-hydrogen) atoms. The van der Waals surface area contributed by atoms with Crippen molar-refractivity contribution in [2.45, 2.75) is 31.1 Å². The lowest BCUT2D eigenvalue weighted by Crippen LogP contribution is -2.43. The summed E-state index contributed by atoms with van der Waals surface area (Å²) in [6.45, 7) is 7.63. The molecular formula is C21H33N3O5S. The SMILES string of the molecule is COc1ccc(S(=O)(=O)N2CCC(C(=O)NCCCN3CCOCC3)CC2)cc1C. The fraction of sp³-hybridized carbons (Fsp3) is 0.667. The highest BCUT2D eigenvalue weighted by Gasteiger charge is 2.32. The van der Waals surface area contributed by atoms with Crippen molar-refractivity contribution in [2.24, 2.45) is 5.92 Å². The number of methoxy groups -OCH3 is 1. The van der Waals surface area contributed by atoms with Gasteiger partial charge in [0.2, 0.25) is 15.9 Å². The van der Waals surface area contributed by atoms with Gasteiger partial charge in [-0.05, 0) is 56.5 Å². The van der Waals surface area contributed by atoms with Crippen LogP contribution >= 0.6 is 0 Å². The van der Waals surface area contributed by atoms with E-state index in [9.17, 15) is 13.2 Å². The third kappa shape index (κ3) is 5.72. The fourth-order valence-corrected chi connectivity index (χ4v) is 5.56. The lowest BCUT2D eigenvalue weighted by molar-refractivity contribution is -0.126. The number of carbonyl (C=O) groups is 1. The lowest BCUT2D eigenvalue weighted by Gasteiger charge is -2.31. The van der Waals surface area contributed by atoms with Crippen LogP contribution in [-0.2, 0) is 19.6 Å². The van der Waals surface area contributed by atoms with Gasteiger partial charge in [0, 0.05) is 38.6 Å². The third-order valence-corrected chi connectivity index (χ3v) is 7.78. The number of hydrogen-bond donors (Lipinski definition) is 1. The van der Waals surface area contributed by atoms with E-state index < -0.39 is 10.0 Å². The Morgan fingerprint density at radius 2 is 1.90 bits per heavy atom. The molecule has 168 valence electrons. The van der Waals surface area contributed by atoms with E-state index in [2.05, 4.69) is 10.2 Å². The molecule has 1 N–H and O–H groups in total. The van der Waals surface area contributed by atoms with Crippen molar-refractivity contribution >= 4 is 15.9 Å². The molecule has 1 aromatic carbocycles. The largest absolute Gasteiger partial charge is 0.496 e. The molecule has 0 saturated carbocycles. The molecule has 2 fully saturated rings. The zero-order chi connectivity index (χ0) is 21.6. The first kappa shape index (κ1) is 23.0. The maximum absolute atomic E-state index is 12.9. The van der Waals surface area contributed by atoms with Crippen LogP contribution in [0.15, 0.2) is 23.1 Å². The molecular weight excluding hydrogens is 406 g/mol. The molecule has 2 heterocycles. The van der Waals surface area contributed by atoms with Crippen molar-refractivity contribution in [1.82, 2.24) is 14.5 Å². The smallest absolute Gasteiger partial charge is 0.243 e. The number of morpholine rings is 1. The molecule has 3 rings (SSSR count). The lowest BCUT2D eigenvalue weighted by atomic mass is 9.97. The zero-order valence-electron chi connectivity index (χ0n) is 17.9. The first-order valence-corrected chi connectivity index (χ1v) is 12.1. The summed E-state index contributed by atoms with van der Waals surface area (Å²) in [7, 11) is -2.00. The Hall–Kier alpha value is -1.68. The van der Waals surface area contributed by atoms with Crippen LogP contribution in [-0.4, -0.2) is 83.1 Å². The zero-order valence-corrected chi connectivity index (χ0v) is 18.7. The monoisotopic (exact) mass is 439 g/mol. The standard InChI is InChI=1S/C21H33N3O5S/c1-17-16-19(4-5-20(17)28-2)30(26,27)24-10-6-18(7-11-24)21(25)22-8-3-9-23-12-14-29-15-13-23/h4-5,16,18H,3,6-15H2,1-2H3,(H,22,25). The van der Waals surface area contributed by atoms with Gasteiger partial charge in [-0.2, -0.15) is 4.31 Å². The van der Waals surface area contributed by atoms with Gasteiger partial charge in [0.15, 0.2) is 0 Å². The van der Waals surface area contributed by atoms with Crippen molar-refractivity contribution in [3.05, 3.63) is 23.8 Å². The maximum Gasteiger partial charge on any atom is 0.243 e. The second-order valence-corrected chi connectivity index (χ2v) is 9.85. The molecule has 1 aromatic rings. The van der Waals surface area contributed by atoms with Crippen LogP contribution in [0.5, 0.6) is 5.75 Å². The Balaban J connectivity index is 1.44. The number of ether oxygens (including phenoxy) is 2. The minimum atomic E-state index is -3.56. The second-order valence-electron chi connectivity index (χ2n) is 7.91. The number of benzene rings is 1. The Labute approximate surface area is 179 Å². The Morgan fingerprint density at radius 3 is 2.53 bits per heavy atom. The minimum Gasteiger partial charge on any atom is -0.496 e. The second kappa shape index (κ2) is 10.6. The number of rotatable bonds is 8. The summed E-state index contributed by atoms with van der Waals surface area (Å²) >= 11 is 0. The van der Waals surface area contributed by atoms with E-state index >= 15 is 0 Å². The third-order valence-electron chi connectivity index (χ3n) is 5.88. The summed E-state index contributed by atoms with van der Waals surface area (Å²) in [5, 5.41) is 3.02. The van der Waals surface area contributed by atoms with Gasteiger partial charge in [-0.15, -0.1) is 0 Å². The molecule has 9 heteroatoms. The summed E-state index contributed by atoms with van der Waals surface area (Å²) in [5.41, 5.74) is 0.782. The summed E-state index contributed by atoms with van der Waals surface area (Å²) in [6, 6.07) is 4.90. The van der Waals surface area contributed by atoms with E-state index in [1.54, 1.807) is 25.3 Å². The minimum absolute atomic E-state index is 0.0364. The van der Waals surface area contributed by atoms with Crippen LogP contribution < -0.4 is 10.1 Å². The van der Waals surface area contributed by atoms with Gasteiger partial charge >= 0.3 is 0 Å². The van der Waals surface area contributed by atoms with Gasteiger partial charge in [0.1, 0.15) is 5.75 Å². The summed E-state index contributed by atoms with van der Waals surface area (Å²) in [4.78, 5) is 15.1. The number of hydrogen-bond acceptors (Lipinski definition) is 6. The molecule has 2 aliphatic heterocycles. The average Bonchev–Trinajstić information content (AvgIpc) is 2.77. The predicted molar refractivity (Wildman–Crippen MR) is 114 cm³/mol. The van der Waals surface area contributed by atoms with E-state index in [4.69, 9.17) is 9.47 Å². The number of aryl methyl sites for hydroxylation is 1. The molecule has 0 radical (unpaired) electrons. The van der Waals surface area contributed by atoms with Crippen molar-refractivity contribution < 1.29 is 22.7 Å². The summed E-state index contributed by atoms with van der Waals surface area (Å²) in [6.07, 6.45) is 2.00. The Morgan fingerprint density at radius 1 is 1.20 bits per heavy atom. The Kier molecular flexibility index (Phi) is 8.10. The molecule has 0 aromatic heterocycles. The van der Waals surface area contributed by atoms with E-state index in [0.717, 1.165) is 44.8 Å². The van der Waals surface area contributed by atoms with Crippen molar-refractivity contribution in [1.29, 1.82) is 0 Å². The van der Waals surface area contributed by atoms with Gasteiger partial charge in [0.25, 0.3) is 0 Å². The number of carbonyl (C=O) groups excluding carboxylic acids is 1. The number of sulfonamides is 1. The van der Waals surface area contributed by atoms with Crippen LogP contribution in [0, 0.1) is 12.8 Å². The predicted octanol–water partition coefficient (Wildman–Crippen LogP) is 1.24. The molecule has 0 bridgehead atoms. The van der Waals surface area contributed by atoms with Crippen LogP contribution in [0.1, 0.15) is 24.8 Å². The number of nitrogens with zero attached hydrogens (tertiary/aromatic N) is 2. The normalized spacial score (nSPS) is 19.5. The number of nitrogens with one attached hydrogen (secondary N) is 1. The van der Waals surface area contributed by atoms with E-state index in [1.165, 1.54) is 4.31 Å². The van der Waals surface area contributed by atoms with Crippen molar-refractivity contribution in [2.75, 3.05) is 59.6 Å². The average molecular weight is 440 g/mol. The van der Waals surface area contributed by atoms with Crippen LogP contribution in [0.3, 0.4) is 0 Å². The van der Waals surface area contributed by atoms with E-state index in [0.29, 0.717) is 38.2 Å². The Bertz CT molecular complexity index is 816. The molecule has 0 atom stereocenters. The van der Waals surface area contributed by atoms with Crippen LogP contribution in [0.25, 0.3) is 0 Å².